The number of methoxy groups -OCH3 is 1. The lowest BCUT2D eigenvalue weighted by Gasteiger charge is -2.07. The Bertz CT molecular complexity index is 391. The zero-order chi connectivity index (χ0) is 12.3. The fourth-order valence-electron chi connectivity index (χ4n) is 1.89. The average molecular weight is 251 g/mol. The summed E-state index contributed by atoms with van der Waals surface area (Å²) in [6.45, 7) is 2.05. The summed E-state index contributed by atoms with van der Waals surface area (Å²) in [6.07, 6.45) is 0.930. The molecule has 0 radical (unpaired) electrons. The Morgan fingerprint density at radius 3 is 2.65 bits per heavy atom. The van der Waals surface area contributed by atoms with Crippen LogP contribution in [0.2, 0.25) is 0 Å². The molecule has 4 heteroatoms. The standard InChI is InChI=1S/C13H17NO2S/c1-9-7-12(13(15)14-9)17-8-10-3-5-11(16-2)6-4-10/h3-6,9,12H,7-8H2,1-2H3,(H,14,15)/t9-,12-/m0/s1. The van der Waals surface area contributed by atoms with Gasteiger partial charge in [0.2, 0.25) is 5.91 Å². The largest absolute Gasteiger partial charge is 0.497 e. The highest BCUT2D eigenvalue weighted by Crippen LogP contribution is 2.26. The van der Waals surface area contributed by atoms with Crippen LogP contribution in [0.1, 0.15) is 18.9 Å². The smallest absolute Gasteiger partial charge is 0.233 e. The first kappa shape index (κ1) is 12.3. The van der Waals surface area contributed by atoms with Gasteiger partial charge in [0.1, 0.15) is 5.75 Å². The molecule has 0 unspecified atom stereocenters. The topological polar surface area (TPSA) is 38.3 Å². The van der Waals surface area contributed by atoms with Crippen LogP contribution < -0.4 is 10.1 Å². The minimum atomic E-state index is 0.104. The van der Waals surface area contributed by atoms with Crippen molar-refractivity contribution in [2.45, 2.75) is 30.4 Å². The lowest BCUT2D eigenvalue weighted by Crippen LogP contribution is -2.24. The first-order valence-corrected chi connectivity index (χ1v) is 6.79. The Kier molecular flexibility index (Phi) is 3.94. The van der Waals surface area contributed by atoms with Crippen LogP contribution in [0, 0.1) is 0 Å². The highest BCUT2D eigenvalue weighted by molar-refractivity contribution is 7.99. The van der Waals surface area contributed by atoms with Gasteiger partial charge in [-0.3, -0.25) is 4.79 Å². The summed E-state index contributed by atoms with van der Waals surface area (Å²) in [5, 5.41) is 3.05. The van der Waals surface area contributed by atoms with Crippen molar-refractivity contribution in [1.29, 1.82) is 0 Å². The lowest BCUT2D eigenvalue weighted by atomic mass is 10.2. The van der Waals surface area contributed by atoms with Crippen LogP contribution in [0.4, 0.5) is 0 Å². The molecule has 17 heavy (non-hydrogen) atoms. The molecular weight excluding hydrogens is 234 g/mol. The molecule has 1 amide bonds. The van der Waals surface area contributed by atoms with Crippen molar-refractivity contribution >= 4 is 17.7 Å². The van der Waals surface area contributed by atoms with Crippen LogP contribution >= 0.6 is 11.8 Å². The highest BCUT2D eigenvalue weighted by atomic mass is 32.2. The molecule has 1 aliphatic rings. The molecule has 0 bridgehead atoms. The maximum atomic E-state index is 11.6. The average Bonchev–Trinajstić information content (AvgIpc) is 2.66. The number of benzene rings is 1. The van der Waals surface area contributed by atoms with E-state index in [0.29, 0.717) is 6.04 Å². The molecular formula is C13H17NO2S. The van der Waals surface area contributed by atoms with E-state index in [9.17, 15) is 4.79 Å². The molecule has 1 heterocycles. The van der Waals surface area contributed by atoms with Crippen LogP contribution in [-0.4, -0.2) is 24.3 Å². The van der Waals surface area contributed by atoms with Crippen molar-refractivity contribution < 1.29 is 9.53 Å². The van der Waals surface area contributed by atoms with Crippen LogP contribution in [0.5, 0.6) is 5.75 Å². The third kappa shape index (κ3) is 3.16. The van der Waals surface area contributed by atoms with Crippen molar-refractivity contribution in [2.24, 2.45) is 0 Å². The molecule has 1 aliphatic heterocycles. The molecule has 0 aromatic heterocycles. The highest BCUT2D eigenvalue weighted by Gasteiger charge is 2.29. The Morgan fingerprint density at radius 2 is 2.12 bits per heavy atom. The molecule has 2 atom stereocenters. The van der Waals surface area contributed by atoms with E-state index >= 15 is 0 Å². The number of amides is 1. The minimum absolute atomic E-state index is 0.104. The molecule has 1 fully saturated rings. The van der Waals surface area contributed by atoms with E-state index in [1.165, 1.54) is 5.56 Å². The predicted octanol–water partition coefficient (Wildman–Crippen LogP) is 2.21. The molecule has 1 aromatic carbocycles. The second-order valence-corrected chi connectivity index (χ2v) is 5.48. The van der Waals surface area contributed by atoms with Crippen LogP contribution in [-0.2, 0) is 10.5 Å². The minimum Gasteiger partial charge on any atom is -0.497 e. The van der Waals surface area contributed by atoms with Crippen molar-refractivity contribution in [3.8, 4) is 5.75 Å². The number of carbonyl (C=O) groups excluding carboxylic acids is 1. The first-order valence-electron chi connectivity index (χ1n) is 5.74. The molecule has 1 N–H and O–H groups in total. The Hall–Kier alpha value is -1.16. The SMILES string of the molecule is COc1ccc(CS[C@H]2C[C@H](C)NC2=O)cc1. The van der Waals surface area contributed by atoms with Gasteiger partial charge in [-0.15, -0.1) is 11.8 Å². The monoisotopic (exact) mass is 251 g/mol. The normalized spacial score (nSPS) is 23.5. The van der Waals surface area contributed by atoms with Crippen molar-refractivity contribution in [3.63, 3.8) is 0 Å². The van der Waals surface area contributed by atoms with Crippen molar-refractivity contribution in [3.05, 3.63) is 29.8 Å². The van der Waals surface area contributed by atoms with Crippen molar-refractivity contribution in [2.75, 3.05) is 7.11 Å². The Morgan fingerprint density at radius 1 is 1.41 bits per heavy atom. The molecule has 1 saturated heterocycles. The van der Waals surface area contributed by atoms with Gasteiger partial charge in [0.25, 0.3) is 0 Å². The van der Waals surface area contributed by atoms with Gasteiger partial charge in [0.05, 0.1) is 12.4 Å². The van der Waals surface area contributed by atoms with Crippen LogP contribution in [0.15, 0.2) is 24.3 Å². The number of thioether (sulfide) groups is 1. The van der Waals surface area contributed by atoms with Gasteiger partial charge in [0, 0.05) is 11.8 Å². The number of ether oxygens (including phenoxy) is 1. The molecule has 0 aliphatic carbocycles. The Labute approximate surface area is 106 Å². The van der Waals surface area contributed by atoms with Gasteiger partial charge in [-0.1, -0.05) is 12.1 Å². The Balaban J connectivity index is 1.87. The molecule has 0 spiro atoms. The summed E-state index contributed by atoms with van der Waals surface area (Å²) in [5.41, 5.74) is 1.23. The maximum absolute atomic E-state index is 11.6. The molecule has 2 rings (SSSR count). The lowest BCUT2D eigenvalue weighted by molar-refractivity contribution is -0.118. The zero-order valence-electron chi connectivity index (χ0n) is 10.1. The maximum Gasteiger partial charge on any atom is 0.233 e. The van der Waals surface area contributed by atoms with Gasteiger partial charge in [-0.25, -0.2) is 0 Å². The second kappa shape index (κ2) is 5.45. The zero-order valence-corrected chi connectivity index (χ0v) is 10.9. The number of carbonyl (C=O) groups is 1. The molecule has 1 aromatic rings. The first-order chi connectivity index (χ1) is 8.19. The molecule has 92 valence electrons. The number of hydrogen-bond donors (Lipinski definition) is 1. The van der Waals surface area contributed by atoms with E-state index in [1.54, 1.807) is 18.9 Å². The van der Waals surface area contributed by atoms with E-state index in [1.807, 2.05) is 31.2 Å². The fraction of sp³-hybridized carbons (Fsp3) is 0.462. The number of hydrogen-bond acceptors (Lipinski definition) is 3. The van der Waals surface area contributed by atoms with E-state index < -0.39 is 0 Å². The summed E-state index contributed by atoms with van der Waals surface area (Å²) in [6, 6.07) is 8.31. The fourth-order valence-corrected chi connectivity index (χ4v) is 3.12. The van der Waals surface area contributed by atoms with Gasteiger partial charge >= 0.3 is 0 Å². The van der Waals surface area contributed by atoms with Gasteiger partial charge in [0.15, 0.2) is 0 Å². The van der Waals surface area contributed by atoms with E-state index in [0.717, 1.165) is 17.9 Å². The predicted molar refractivity (Wildman–Crippen MR) is 70.3 cm³/mol. The van der Waals surface area contributed by atoms with Crippen LogP contribution in [0.3, 0.4) is 0 Å². The van der Waals surface area contributed by atoms with Crippen molar-refractivity contribution in [1.82, 2.24) is 5.32 Å². The van der Waals surface area contributed by atoms with E-state index in [4.69, 9.17) is 4.74 Å². The third-order valence-corrected chi connectivity index (χ3v) is 4.17. The summed E-state index contributed by atoms with van der Waals surface area (Å²) in [5.74, 6) is 1.91. The van der Waals surface area contributed by atoms with Gasteiger partial charge in [-0.05, 0) is 31.0 Å². The van der Waals surface area contributed by atoms with Gasteiger partial charge < -0.3 is 10.1 Å². The third-order valence-electron chi connectivity index (χ3n) is 2.86. The number of nitrogens with one attached hydrogen (secondary N) is 1. The molecule has 3 nitrogen and oxygen atoms in total. The summed E-state index contributed by atoms with van der Waals surface area (Å²) >= 11 is 1.71. The van der Waals surface area contributed by atoms with Gasteiger partial charge in [-0.2, -0.15) is 0 Å². The summed E-state index contributed by atoms with van der Waals surface area (Å²) in [4.78, 5) is 11.6. The number of rotatable bonds is 4. The second-order valence-electron chi connectivity index (χ2n) is 4.29. The quantitative estimate of drug-likeness (QED) is 0.891. The summed E-state index contributed by atoms with van der Waals surface area (Å²) in [7, 11) is 1.66. The summed E-state index contributed by atoms with van der Waals surface area (Å²) < 4.78 is 5.11. The van der Waals surface area contributed by atoms with Crippen LogP contribution in [0.25, 0.3) is 0 Å². The molecule has 0 saturated carbocycles. The van der Waals surface area contributed by atoms with E-state index in [-0.39, 0.29) is 11.2 Å². The van der Waals surface area contributed by atoms with E-state index in [2.05, 4.69) is 5.32 Å².